The van der Waals surface area contributed by atoms with E-state index >= 15 is 0 Å². The summed E-state index contributed by atoms with van der Waals surface area (Å²) < 4.78 is 5.48. The Kier molecular flexibility index (Phi) is 3.80. The fraction of sp³-hybridized carbons (Fsp3) is 0.545. The summed E-state index contributed by atoms with van der Waals surface area (Å²) in [6, 6.07) is 1.77. The fourth-order valence-corrected chi connectivity index (χ4v) is 1.50. The second-order valence-electron chi connectivity index (χ2n) is 3.83. The molecule has 0 amide bonds. The number of hydrogen-bond donors (Lipinski definition) is 1. The Labute approximate surface area is 94.8 Å². The van der Waals surface area contributed by atoms with Crippen molar-refractivity contribution in [2.75, 3.05) is 19.7 Å². The van der Waals surface area contributed by atoms with Gasteiger partial charge in [0, 0.05) is 18.8 Å². The van der Waals surface area contributed by atoms with Crippen molar-refractivity contribution in [3.05, 3.63) is 23.5 Å². The van der Waals surface area contributed by atoms with Crippen molar-refractivity contribution in [1.82, 2.24) is 10.3 Å². The summed E-state index contributed by atoms with van der Waals surface area (Å²) in [5.41, 5.74) is 0. The number of rotatable bonds is 6. The molecule has 4 heteroatoms. The molecular weight excluding hydrogens is 212 g/mol. The van der Waals surface area contributed by atoms with Crippen LogP contribution in [-0.2, 0) is 0 Å². The van der Waals surface area contributed by atoms with Crippen LogP contribution < -0.4 is 10.1 Å². The zero-order chi connectivity index (χ0) is 10.5. The van der Waals surface area contributed by atoms with Gasteiger partial charge in [-0.15, -0.1) is 0 Å². The van der Waals surface area contributed by atoms with Crippen LogP contribution >= 0.6 is 11.6 Å². The Morgan fingerprint density at radius 1 is 1.47 bits per heavy atom. The number of nitrogens with one attached hydrogen (secondary N) is 1. The summed E-state index contributed by atoms with van der Waals surface area (Å²) in [5.74, 6) is 1.65. The van der Waals surface area contributed by atoms with Gasteiger partial charge < -0.3 is 10.1 Å². The Morgan fingerprint density at radius 3 is 3.07 bits per heavy atom. The third-order valence-electron chi connectivity index (χ3n) is 2.36. The molecule has 0 aliphatic heterocycles. The third kappa shape index (κ3) is 4.06. The molecule has 0 atom stereocenters. The van der Waals surface area contributed by atoms with Crippen LogP contribution in [0, 0.1) is 5.92 Å². The summed E-state index contributed by atoms with van der Waals surface area (Å²) >= 11 is 5.78. The van der Waals surface area contributed by atoms with Crippen molar-refractivity contribution < 1.29 is 4.74 Å². The molecule has 15 heavy (non-hydrogen) atoms. The van der Waals surface area contributed by atoms with E-state index in [0.717, 1.165) is 24.8 Å². The highest BCUT2D eigenvalue weighted by Gasteiger charge is 2.19. The molecule has 3 nitrogen and oxygen atoms in total. The Bertz CT molecular complexity index is 315. The number of ether oxygens (including phenoxy) is 1. The smallest absolute Gasteiger partial charge is 0.139 e. The van der Waals surface area contributed by atoms with Crippen LogP contribution in [0.1, 0.15) is 12.8 Å². The van der Waals surface area contributed by atoms with Crippen LogP contribution in [0.25, 0.3) is 0 Å². The molecule has 0 unspecified atom stereocenters. The van der Waals surface area contributed by atoms with Crippen LogP contribution in [0.15, 0.2) is 18.5 Å². The van der Waals surface area contributed by atoms with Gasteiger partial charge in [0.1, 0.15) is 12.4 Å². The van der Waals surface area contributed by atoms with E-state index in [-0.39, 0.29) is 0 Å². The van der Waals surface area contributed by atoms with Crippen molar-refractivity contribution >= 4 is 11.6 Å². The minimum atomic E-state index is 0.610. The van der Waals surface area contributed by atoms with Crippen molar-refractivity contribution in [1.29, 1.82) is 0 Å². The number of halogens is 1. The van der Waals surface area contributed by atoms with Crippen LogP contribution in [0.3, 0.4) is 0 Å². The Hall–Kier alpha value is -0.800. The molecule has 0 aromatic carbocycles. The molecule has 1 aliphatic carbocycles. The number of hydrogen-bond acceptors (Lipinski definition) is 3. The van der Waals surface area contributed by atoms with E-state index < -0.39 is 0 Å². The van der Waals surface area contributed by atoms with Crippen molar-refractivity contribution in [3.8, 4) is 5.75 Å². The topological polar surface area (TPSA) is 34.1 Å². The van der Waals surface area contributed by atoms with Crippen LogP contribution in [0.2, 0.25) is 5.02 Å². The lowest BCUT2D eigenvalue weighted by Gasteiger charge is -2.06. The fourth-order valence-electron chi connectivity index (χ4n) is 1.34. The lowest BCUT2D eigenvalue weighted by Crippen LogP contribution is -2.23. The third-order valence-corrected chi connectivity index (χ3v) is 2.56. The van der Waals surface area contributed by atoms with E-state index in [4.69, 9.17) is 16.3 Å². The monoisotopic (exact) mass is 226 g/mol. The first-order valence-corrected chi connectivity index (χ1v) is 5.66. The summed E-state index contributed by atoms with van der Waals surface area (Å²) in [5, 5.41) is 3.96. The molecule has 1 aromatic heterocycles. The largest absolute Gasteiger partial charge is 0.491 e. The molecule has 1 aliphatic rings. The molecule has 1 N–H and O–H groups in total. The summed E-state index contributed by atoms with van der Waals surface area (Å²) in [6.45, 7) is 2.66. The SMILES string of the molecule is Clc1cncc(OCCNCC2CC2)c1. The Balaban J connectivity index is 1.60. The molecule has 0 bridgehead atoms. The van der Waals surface area contributed by atoms with Gasteiger partial charge in [-0.05, 0) is 25.3 Å². The average Bonchev–Trinajstić information content (AvgIpc) is 3.01. The number of pyridine rings is 1. The van der Waals surface area contributed by atoms with Gasteiger partial charge >= 0.3 is 0 Å². The molecular formula is C11H15ClN2O. The standard InChI is InChI=1S/C11H15ClN2O/c12-10-5-11(8-14-7-10)15-4-3-13-6-9-1-2-9/h5,7-9,13H,1-4,6H2. The van der Waals surface area contributed by atoms with Gasteiger partial charge in [0.05, 0.1) is 11.2 Å². The summed E-state index contributed by atoms with van der Waals surface area (Å²) in [4.78, 5) is 3.94. The summed E-state index contributed by atoms with van der Waals surface area (Å²) in [7, 11) is 0. The number of nitrogens with zero attached hydrogens (tertiary/aromatic N) is 1. The lowest BCUT2D eigenvalue weighted by atomic mass is 10.4. The first kappa shape index (κ1) is 10.7. The quantitative estimate of drug-likeness (QED) is 0.755. The zero-order valence-corrected chi connectivity index (χ0v) is 9.33. The molecule has 0 saturated heterocycles. The molecule has 0 spiro atoms. The molecule has 1 fully saturated rings. The van der Waals surface area contributed by atoms with E-state index in [1.807, 2.05) is 0 Å². The minimum absolute atomic E-state index is 0.610. The van der Waals surface area contributed by atoms with Gasteiger partial charge in [-0.2, -0.15) is 0 Å². The predicted octanol–water partition coefficient (Wildman–Crippen LogP) is 2.11. The van der Waals surface area contributed by atoms with E-state index in [1.165, 1.54) is 12.8 Å². The highest BCUT2D eigenvalue weighted by Crippen LogP contribution is 2.27. The Morgan fingerprint density at radius 2 is 2.33 bits per heavy atom. The van der Waals surface area contributed by atoms with Gasteiger partial charge in [0.25, 0.3) is 0 Å². The van der Waals surface area contributed by atoms with Crippen LogP contribution in [0.5, 0.6) is 5.75 Å². The first-order chi connectivity index (χ1) is 7.34. The molecule has 1 heterocycles. The normalized spacial score (nSPS) is 15.3. The molecule has 1 aromatic rings. The average molecular weight is 227 g/mol. The van der Waals surface area contributed by atoms with E-state index in [2.05, 4.69) is 10.3 Å². The van der Waals surface area contributed by atoms with E-state index in [0.29, 0.717) is 11.6 Å². The predicted molar refractivity (Wildman–Crippen MR) is 60.3 cm³/mol. The zero-order valence-electron chi connectivity index (χ0n) is 8.58. The van der Waals surface area contributed by atoms with Crippen molar-refractivity contribution in [3.63, 3.8) is 0 Å². The highest BCUT2D eigenvalue weighted by atomic mass is 35.5. The molecule has 1 saturated carbocycles. The second kappa shape index (κ2) is 5.33. The highest BCUT2D eigenvalue weighted by molar-refractivity contribution is 6.30. The van der Waals surface area contributed by atoms with Crippen molar-refractivity contribution in [2.45, 2.75) is 12.8 Å². The number of aromatic nitrogens is 1. The maximum Gasteiger partial charge on any atom is 0.139 e. The molecule has 82 valence electrons. The van der Waals surface area contributed by atoms with Crippen molar-refractivity contribution in [2.24, 2.45) is 5.92 Å². The van der Waals surface area contributed by atoms with Gasteiger partial charge in [-0.25, -0.2) is 0 Å². The van der Waals surface area contributed by atoms with Crippen LogP contribution in [-0.4, -0.2) is 24.7 Å². The summed E-state index contributed by atoms with van der Waals surface area (Å²) in [6.07, 6.45) is 6.03. The van der Waals surface area contributed by atoms with E-state index in [9.17, 15) is 0 Å². The molecule has 0 radical (unpaired) electrons. The van der Waals surface area contributed by atoms with Gasteiger partial charge in [-0.1, -0.05) is 11.6 Å². The van der Waals surface area contributed by atoms with Crippen LogP contribution in [0.4, 0.5) is 0 Å². The first-order valence-electron chi connectivity index (χ1n) is 5.28. The molecule has 2 rings (SSSR count). The van der Waals surface area contributed by atoms with Gasteiger partial charge in [-0.3, -0.25) is 4.98 Å². The maximum atomic E-state index is 5.78. The van der Waals surface area contributed by atoms with Gasteiger partial charge in [0.15, 0.2) is 0 Å². The second-order valence-corrected chi connectivity index (χ2v) is 4.27. The minimum Gasteiger partial charge on any atom is -0.491 e. The lowest BCUT2D eigenvalue weighted by molar-refractivity contribution is 0.312. The maximum absolute atomic E-state index is 5.78. The van der Waals surface area contributed by atoms with E-state index in [1.54, 1.807) is 18.5 Å². The van der Waals surface area contributed by atoms with Gasteiger partial charge in [0.2, 0.25) is 0 Å².